The van der Waals surface area contributed by atoms with Gasteiger partial charge in [0, 0.05) is 24.5 Å². The lowest BCUT2D eigenvalue weighted by Crippen LogP contribution is -2.43. The fourth-order valence-electron chi connectivity index (χ4n) is 3.05. The van der Waals surface area contributed by atoms with Gasteiger partial charge in [-0.1, -0.05) is 20.3 Å². The first kappa shape index (κ1) is 12.6. The monoisotopic (exact) mass is 232 g/mol. The number of hydrogen-bond acceptors (Lipinski definition) is 2. The SMILES string of the molecule is CC1CCCC(C)C1N[C@H](C)c1ccncc1. The van der Waals surface area contributed by atoms with E-state index in [0.29, 0.717) is 12.1 Å². The Bertz CT molecular complexity index is 326. The first-order chi connectivity index (χ1) is 8.18. The topological polar surface area (TPSA) is 24.9 Å². The van der Waals surface area contributed by atoms with Crippen LogP contribution in [0.1, 0.15) is 51.6 Å². The fourth-order valence-corrected chi connectivity index (χ4v) is 3.05. The highest BCUT2D eigenvalue weighted by atomic mass is 15.0. The Balaban J connectivity index is 2.00. The van der Waals surface area contributed by atoms with Crippen LogP contribution in [-0.2, 0) is 0 Å². The molecule has 0 spiro atoms. The molecule has 0 aliphatic heterocycles. The summed E-state index contributed by atoms with van der Waals surface area (Å²) in [5, 5.41) is 3.81. The van der Waals surface area contributed by atoms with Gasteiger partial charge in [-0.15, -0.1) is 0 Å². The summed E-state index contributed by atoms with van der Waals surface area (Å²) in [6.45, 7) is 7.02. The van der Waals surface area contributed by atoms with E-state index in [2.05, 4.69) is 43.2 Å². The maximum atomic E-state index is 4.08. The molecular weight excluding hydrogens is 208 g/mol. The molecule has 2 heteroatoms. The largest absolute Gasteiger partial charge is 0.307 e. The van der Waals surface area contributed by atoms with Gasteiger partial charge in [-0.2, -0.15) is 0 Å². The van der Waals surface area contributed by atoms with Crippen LogP contribution in [0.15, 0.2) is 24.5 Å². The van der Waals surface area contributed by atoms with Gasteiger partial charge >= 0.3 is 0 Å². The fraction of sp³-hybridized carbons (Fsp3) is 0.667. The summed E-state index contributed by atoms with van der Waals surface area (Å²) in [6.07, 6.45) is 7.88. The Morgan fingerprint density at radius 3 is 2.35 bits per heavy atom. The molecule has 1 heterocycles. The average Bonchev–Trinajstić information content (AvgIpc) is 2.35. The summed E-state index contributed by atoms with van der Waals surface area (Å²) in [5.74, 6) is 1.59. The molecule has 94 valence electrons. The van der Waals surface area contributed by atoms with Crippen LogP contribution < -0.4 is 5.32 Å². The van der Waals surface area contributed by atoms with Crippen LogP contribution in [0, 0.1) is 11.8 Å². The van der Waals surface area contributed by atoms with Crippen LogP contribution in [0.3, 0.4) is 0 Å². The summed E-state index contributed by atoms with van der Waals surface area (Å²) >= 11 is 0. The van der Waals surface area contributed by atoms with Crippen molar-refractivity contribution in [2.24, 2.45) is 11.8 Å². The van der Waals surface area contributed by atoms with Crippen molar-refractivity contribution < 1.29 is 0 Å². The van der Waals surface area contributed by atoms with E-state index in [4.69, 9.17) is 0 Å². The van der Waals surface area contributed by atoms with Crippen molar-refractivity contribution in [2.45, 2.75) is 52.1 Å². The van der Waals surface area contributed by atoms with E-state index in [1.807, 2.05) is 12.4 Å². The van der Waals surface area contributed by atoms with Gasteiger partial charge in [0.05, 0.1) is 0 Å². The number of aromatic nitrogens is 1. The van der Waals surface area contributed by atoms with Crippen molar-refractivity contribution in [1.82, 2.24) is 10.3 Å². The molecule has 2 rings (SSSR count). The molecule has 3 atom stereocenters. The molecule has 1 aliphatic rings. The van der Waals surface area contributed by atoms with E-state index in [0.717, 1.165) is 11.8 Å². The van der Waals surface area contributed by atoms with Gasteiger partial charge in [0.2, 0.25) is 0 Å². The highest BCUT2D eigenvalue weighted by molar-refractivity contribution is 5.14. The Labute approximate surface area is 105 Å². The lowest BCUT2D eigenvalue weighted by atomic mass is 9.78. The zero-order valence-corrected chi connectivity index (χ0v) is 11.2. The standard InChI is InChI=1S/C15H24N2/c1-11-5-4-6-12(2)15(11)17-13(3)14-7-9-16-10-8-14/h7-13,15,17H,4-6H2,1-3H3/t11?,12?,13-,15?/m1/s1. The summed E-state index contributed by atoms with van der Waals surface area (Å²) < 4.78 is 0. The van der Waals surface area contributed by atoms with Gasteiger partial charge in [0.15, 0.2) is 0 Å². The van der Waals surface area contributed by atoms with Crippen molar-refractivity contribution in [3.8, 4) is 0 Å². The van der Waals surface area contributed by atoms with Crippen LogP contribution in [0.4, 0.5) is 0 Å². The lowest BCUT2D eigenvalue weighted by Gasteiger charge is -2.37. The van der Waals surface area contributed by atoms with Gasteiger partial charge < -0.3 is 5.32 Å². The maximum Gasteiger partial charge on any atom is 0.0295 e. The smallest absolute Gasteiger partial charge is 0.0295 e. The third-order valence-electron chi connectivity index (χ3n) is 4.19. The van der Waals surface area contributed by atoms with Crippen LogP contribution in [0.5, 0.6) is 0 Å². The molecule has 17 heavy (non-hydrogen) atoms. The van der Waals surface area contributed by atoms with Crippen LogP contribution in [-0.4, -0.2) is 11.0 Å². The minimum Gasteiger partial charge on any atom is -0.307 e. The molecule has 0 bridgehead atoms. The first-order valence-electron chi connectivity index (χ1n) is 6.84. The van der Waals surface area contributed by atoms with Crippen molar-refractivity contribution >= 4 is 0 Å². The minimum absolute atomic E-state index is 0.422. The van der Waals surface area contributed by atoms with Crippen molar-refractivity contribution in [2.75, 3.05) is 0 Å². The van der Waals surface area contributed by atoms with E-state index in [1.54, 1.807) is 0 Å². The molecule has 2 unspecified atom stereocenters. The Morgan fingerprint density at radius 2 is 1.76 bits per heavy atom. The third-order valence-corrected chi connectivity index (χ3v) is 4.19. The van der Waals surface area contributed by atoms with E-state index in [-0.39, 0.29) is 0 Å². The van der Waals surface area contributed by atoms with Crippen molar-refractivity contribution in [3.63, 3.8) is 0 Å². The van der Waals surface area contributed by atoms with Crippen LogP contribution >= 0.6 is 0 Å². The molecule has 1 aromatic heterocycles. The Morgan fingerprint density at radius 1 is 1.18 bits per heavy atom. The van der Waals surface area contributed by atoms with Crippen molar-refractivity contribution in [1.29, 1.82) is 0 Å². The summed E-state index contributed by atoms with van der Waals surface area (Å²) in [6, 6.07) is 5.30. The summed E-state index contributed by atoms with van der Waals surface area (Å²) in [4.78, 5) is 4.08. The number of pyridine rings is 1. The summed E-state index contributed by atoms with van der Waals surface area (Å²) in [5.41, 5.74) is 1.34. The number of rotatable bonds is 3. The number of hydrogen-bond donors (Lipinski definition) is 1. The molecule has 1 N–H and O–H groups in total. The Hall–Kier alpha value is -0.890. The van der Waals surface area contributed by atoms with Gasteiger partial charge in [0.25, 0.3) is 0 Å². The molecule has 0 amide bonds. The molecule has 1 fully saturated rings. The van der Waals surface area contributed by atoms with Crippen molar-refractivity contribution in [3.05, 3.63) is 30.1 Å². The van der Waals surface area contributed by atoms with Gasteiger partial charge in [-0.25, -0.2) is 0 Å². The first-order valence-corrected chi connectivity index (χ1v) is 6.84. The summed E-state index contributed by atoms with van der Waals surface area (Å²) in [7, 11) is 0. The molecule has 0 radical (unpaired) electrons. The van der Waals surface area contributed by atoms with Crippen LogP contribution in [0.2, 0.25) is 0 Å². The van der Waals surface area contributed by atoms with E-state index in [1.165, 1.54) is 24.8 Å². The lowest BCUT2D eigenvalue weighted by molar-refractivity contribution is 0.196. The van der Waals surface area contributed by atoms with Crippen LogP contribution in [0.25, 0.3) is 0 Å². The van der Waals surface area contributed by atoms with Gasteiger partial charge in [-0.3, -0.25) is 4.98 Å². The Kier molecular flexibility index (Phi) is 4.16. The predicted octanol–water partition coefficient (Wildman–Crippen LogP) is 3.56. The molecule has 1 aliphatic carbocycles. The second-order valence-corrected chi connectivity index (χ2v) is 5.58. The van der Waals surface area contributed by atoms with E-state index >= 15 is 0 Å². The van der Waals surface area contributed by atoms with Gasteiger partial charge in [-0.05, 0) is 49.3 Å². The average molecular weight is 232 g/mol. The van der Waals surface area contributed by atoms with E-state index in [9.17, 15) is 0 Å². The zero-order valence-electron chi connectivity index (χ0n) is 11.2. The number of nitrogens with one attached hydrogen (secondary N) is 1. The third kappa shape index (κ3) is 3.06. The van der Waals surface area contributed by atoms with E-state index < -0.39 is 0 Å². The highest BCUT2D eigenvalue weighted by Gasteiger charge is 2.28. The highest BCUT2D eigenvalue weighted by Crippen LogP contribution is 2.30. The molecule has 0 aromatic carbocycles. The number of nitrogens with zero attached hydrogens (tertiary/aromatic N) is 1. The molecule has 0 saturated heterocycles. The predicted molar refractivity (Wildman–Crippen MR) is 71.8 cm³/mol. The minimum atomic E-state index is 0.422. The zero-order chi connectivity index (χ0) is 12.3. The quantitative estimate of drug-likeness (QED) is 0.862. The molecular formula is C15H24N2. The normalized spacial score (nSPS) is 31.1. The second-order valence-electron chi connectivity index (χ2n) is 5.58. The van der Waals surface area contributed by atoms with Gasteiger partial charge in [0.1, 0.15) is 0 Å². The second kappa shape index (κ2) is 5.63. The molecule has 1 saturated carbocycles. The maximum absolute atomic E-state index is 4.08. The molecule has 2 nitrogen and oxygen atoms in total. The molecule has 1 aromatic rings.